The van der Waals surface area contributed by atoms with Crippen LogP contribution in [0.3, 0.4) is 0 Å². The Kier molecular flexibility index (Phi) is 4.46. The van der Waals surface area contributed by atoms with E-state index >= 15 is 0 Å². The number of anilines is 1. The molecule has 0 fully saturated rings. The molecule has 1 N–H and O–H groups in total. The number of aromatic nitrogens is 4. The first-order chi connectivity index (χ1) is 11.4. The third kappa shape index (κ3) is 3.51. The van der Waals surface area contributed by atoms with E-state index in [0.717, 1.165) is 0 Å². The van der Waals surface area contributed by atoms with Gasteiger partial charge in [-0.3, -0.25) is 9.88 Å². The summed E-state index contributed by atoms with van der Waals surface area (Å²) in [5.41, 5.74) is 0.431. The van der Waals surface area contributed by atoms with Gasteiger partial charge >= 0.3 is 6.09 Å². The molecule has 3 heterocycles. The number of thiol groups is 1. The standard InChI is InChI=1S/C15H19N5O3S/c1-15(2,3)23-14(21)19-12-11-13(17-7-16-12)20(8-18-11)10-5-4-9(6-24)22-10/h4-5,7-10,24H,6H2,1-3H3,(H,16,17,19,21)/t9?,10-/m1/s1. The fourth-order valence-corrected chi connectivity index (χ4v) is 2.49. The second kappa shape index (κ2) is 6.40. The van der Waals surface area contributed by atoms with Crippen molar-refractivity contribution in [3.63, 3.8) is 0 Å². The Morgan fingerprint density at radius 2 is 2.17 bits per heavy atom. The molecule has 1 amide bonds. The van der Waals surface area contributed by atoms with Crippen molar-refractivity contribution in [1.29, 1.82) is 0 Å². The van der Waals surface area contributed by atoms with Crippen molar-refractivity contribution < 1.29 is 14.3 Å². The SMILES string of the molecule is CC(C)(C)OC(=O)Nc1ncnc2c1ncn2[C@H]1C=CC(CS)O1. The van der Waals surface area contributed by atoms with Crippen molar-refractivity contribution in [3.8, 4) is 0 Å². The fourth-order valence-electron chi connectivity index (χ4n) is 2.28. The zero-order valence-electron chi connectivity index (χ0n) is 13.6. The first-order valence-corrected chi connectivity index (χ1v) is 8.13. The average Bonchev–Trinajstić information content (AvgIpc) is 3.11. The minimum absolute atomic E-state index is 0.0445. The van der Waals surface area contributed by atoms with E-state index in [1.54, 1.807) is 31.7 Å². The number of rotatable bonds is 3. The average molecular weight is 349 g/mol. The molecular formula is C15H19N5O3S. The lowest BCUT2D eigenvalue weighted by molar-refractivity contribution is 0.0321. The van der Waals surface area contributed by atoms with Crippen LogP contribution < -0.4 is 5.32 Å². The maximum Gasteiger partial charge on any atom is 0.413 e. The second-order valence-electron chi connectivity index (χ2n) is 6.31. The van der Waals surface area contributed by atoms with Gasteiger partial charge < -0.3 is 9.47 Å². The van der Waals surface area contributed by atoms with Gasteiger partial charge in [0.1, 0.15) is 11.9 Å². The molecule has 0 aromatic carbocycles. The van der Waals surface area contributed by atoms with Crippen LogP contribution in [-0.2, 0) is 9.47 Å². The quantitative estimate of drug-likeness (QED) is 0.654. The van der Waals surface area contributed by atoms with Gasteiger partial charge in [-0.15, -0.1) is 0 Å². The van der Waals surface area contributed by atoms with Crippen LogP contribution in [0.25, 0.3) is 11.2 Å². The monoisotopic (exact) mass is 349 g/mol. The van der Waals surface area contributed by atoms with Crippen LogP contribution in [0.15, 0.2) is 24.8 Å². The third-order valence-corrected chi connectivity index (χ3v) is 3.60. The summed E-state index contributed by atoms with van der Waals surface area (Å²) in [6, 6.07) is 0. The summed E-state index contributed by atoms with van der Waals surface area (Å²) in [6.45, 7) is 5.37. The number of amides is 1. The molecule has 0 spiro atoms. The summed E-state index contributed by atoms with van der Waals surface area (Å²) in [6.07, 6.45) is 5.89. The maximum atomic E-state index is 11.9. The molecule has 1 unspecified atom stereocenters. The highest BCUT2D eigenvalue weighted by Crippen LogP contribution is 2.27. The lowest BCUT2D eigenvalue weighted by Gasteiger charge is -2.19. The van der Waals surface area contributed by atoms with Crippen molar-refractivity contribution in [2.75, 3.05) is 11.1 Å². The van der Waals surface area contributed by atoms with E-state index in [9.17, 15) is 4.79 Å². The van der Waals surface area contributed by atoms with Crippen molar-refractivity contribution in [1.82, 2.24) is 19.5 Å². The number of fused-ring (bicyclic) bond motifs is 1. The number of nitrogens with one attached hydrogen (secondary N) is 1. The number of hydrogen-bond donors (Lipinski definition) is 2. The summed E-state index contributed by atoms with van der Waals surface area (Å²) in [5, 5.41) is 2.61. The van der Waals surface area contributed by atoms with Gasteiger partial charge in [0, 0.05) is 5.75 Å². The van der Waals surface area contributed by atoms with E-state index in [1.165, 1.54) is 6.33 Å². The molecule has 0 radical (unpaired) electrons. The number of carbonyl (C=O) groups is 1. The lowest BCUT2D eigenvalue weighted by Crippen LogP contribution is -2.27. The highest BCUT2D eigenvalue weighted by molar-refractivity contribution is 7.80. The fraction of sp³-hybridized carbons (Fsp3) is 0.467. The largest absolute Gasteiger partial charge is 0.444 e. The zero-order chi connectivity index (χ0) is 17.3. The molecule has 0 saturated heterocycles. The molecule has 0 saturated carbocycles. The van der Waals surface area contributed by atoms with Gasteiger partial charge in [0.15, 0.2) is 23.2 Å². The number of hydrogen-bond acceptors (Lipinski definition) is 7. The van der Waals surface area contributed by atoms with E-state index in [2.05, 4.69) is 32.9 Å². The van der Waals surface area contributed by atoms with Gasteiger partial charge in [0.25, 0.3) is 0 Å². The minimum atomic E-state index is -0.597. The third-order valence-electron chi connectivity index (χ3n) is 3.24. The van der Waals surface area contributed by atoms with Crippen LogP contribution in [0.1, 0.15) is 27.0 Å². The smallest absolute Gasteiger partial charge is 0.413 e. The van der Waals surface area contributed by atoms with Crippen LogP contribution in [0, 0.1) is 0 Å². The number of imidazole rings is 1. The molecule has 1 aliphatic rings. The molecule has 0 aliphatic carbocycles. The van der Waals surface area contributed by atoms with E-state index in [0.29, 0.717) is 22.7 Å². The Morgan fingerprint density at radius 1 is 1.38 bits per heavy atom. The number of ether oxygens (including phenoxy) is 2. The molecule has 24 heavy (non-hydrogen) atoms. The van der Waals surface area contributed by atoms with Crippen molar-refractivity contribution in [2.24, 2.45) is 0 Å². The van der Waals surface area contributed by atoms with Crippen LogP contribution in [0.4, 0.5) is 10.6 Å². The highest BCUT2D eigenvalue weighted by Gasteiger charge is 2.23. The molecule has 1 aliphatic heterocycles. The molecule has 2 aromatic heterocycles. The van der Waals surface area contributed by atoms with E-state index < -0.39 is 11.7 Å². The van der Waals surface area contributed by atoms with Gasteiger partial charge in [-0.25, -0.2) is 19.7 Å². The van der Waals surface area contributed by atoms with Crippen LogP contribution in [-0.4, -0.2) is 43.1 Å². The second-order valence-corrected chi connectivity index (χ2v) is 6.67. The minimum Gasteiger partial charge on any atom is -0.444 e. The van der Waals surface area contributed by atoms with Gasteiger partial charge in [-0.2, -0.15) is 12.6 Å². The van der Waals surface area contributed by atoms with E-state index in [-0.39, 0.29) is 12.3 Å². The first kappa shape index (κ1) is 16.7. The molecule has 9 heteroatoms. The Balaban J connectivity index is 1.85. The van der Waals surface area contributed by atoms with Crippen LogP contribution >= 0.6 is 12.6 Å². The van der Waals surface area contributed by atoms with Gasteiger partial charge in [0.2, 0.25) is 0 Å². The molecule has 8 nitrogen and oxygen atoms in total. The van der Waals surface area contributed by atoms with Crippen molar-refractivity contribution in [2.45, 2.75) is 38.7 Å². The Hall–Kier alpha value is -2.13. The Morgan fingerprint density at radius 3 is 2.83 bits per heavy atom. The number of carbonyl (C=O) groups excluding carboxylic acids is 1. The summed E-state index contributed by atoms with van der Waals surface area (Å²) < 4.78 is 12.8. The predicted octanol–water partition coefficient (Wildman–Crippen LogP) is 2.56. The highest BCUT2D eigenvalue weighted by atomic mass is 32.1. The molecule has 0 bridgehead atoms. The predicted molar refractivity (Wildman–Crippen MR) is 92.1 cm³/mol. The normalized spacial score (nSPS) is 20.5. The Bertz CT molecular complexity index is 783. The first-order valence-electron chi connectivity index (χ1n) is 7.49. The maximum absolute atomic E-state index is 11.9. The molecule has 3 rings (SSSR count). The molecule has 2 aromatic rings. The number of nitrogens with zero attached hydrogens (tertiary/aromatic N) is 4. The van der Waals surface area contributed by atoms with Gasteiger partial charge in [0.05, 0.1) is 12.4 Å². The van der Waals surface area contributed by atoms with Gasteiger partial charge in [-0.1, -0.05) is 6.08 Å². The zero-order valence-corrected chi connectivity index (χ0v) is 14.5. The van der Waals surface area contributed by atoms with E-state index in [4.69, 9.17) is 9.47 Å². The summed E-state index contributed by atoms with van der Waals surface area (Å²) in [4.78, 5) is 24.6. The van der Waals surface area contributed by atoms with Crippen molar-refractivity contribution in [3.05, 3.63) is 24.8 Å². The molecule has 128 valence electrons. The van der Waals surface area contributed by atoms with Crippen molar-refractivity contribution >= 4 is 35.7 Å². The van der Waals surface area contributed by atoms with Crippen LogP contribution in [0.5, 0.6) is 0 Å². The van der Waals surface area contributed by atoms with E-state index in [1.807, 2.05) is 12.2 Å². The summed E-state index contributed by atoms with van der Waals surface area (Å²) >= 11 is 4.23. The molecule has 2 atom stereocenters. The van der Waals surface area contributed by atoms with Crippen LogP contribution in [0.2, 0.25) is 0 Å². The summed E-state index contributed by atoms with van der Waals surface area (Å²) in [7, 11) is 0. The topological polar surface area (TPSA) is 91.2 Å². The Labute approximate surface area is 144 Å². The summed E-state index contributed by atoms with van der Waals surface area (Å²) in [5.74, 6) is 0.890. The molecular weight excluding hydrogens is 330 g/mol. The lowest BCUT2D eigenvalue weighted by atomic mass is 10.2. The van der Waals surface area contributed by atoms with Gasteiger partial charge in [-0.05, 0) is 26.8 Å².